The number of morpholine rings is 1. The van der Waals surface area contributed by atoms with E-state index in [0.717, 1.165) is 77.7 Å². The molecule has 3 atom stereocenters. The molecule has 9 N–H and O–H groups in total. The van der Waals surface area contributed by atoms with Crippen LogP contribution in [0.4, 0.5) is 15.5 Å². The summed E-state index contributed by atoms with van der Waals surface area (Å²) in [7, 11) is 1.69. The Kier molecular flexibility index (Phi) is 32.4. The number of hydrogen-bond acceptors (Lipinski definition) is 19. The monoisotopic (exact) mass is 1300 g/mol. The number of nitrogens with two attached hydrogens (primary N) is 3. The summed E-state index contributed by atoms with van der Waals surface area (Å²) in [5, 5.41) is 8.18. The van der Waals surface area contributed by atoms with Gasteiger partial charge < -0.3 is 75.8 Å². The van der Waals surface area contributed by atoms with Crippen molar-refractivity contribution in [1.82, 2.24) is 40.3 Å². The van der Waals surface area contributed by atoms with E-state index in [2.05, 4.69) is 60.5 Å². The number of ketones is 3. The number of carbonyl (C=O) groups excluding carboxylic acids is 7. The van der Waals surface area contributed by atoms with E-state index in [-0.39, 0.29) is 81.2 Å². The van der Waals surface area contributed by atoms with E-state index in [9.17, 15) is 33.6 Å². The number of nitrogen functional groups attached to an aromatic ring is 1. The fraction of sp³-hybridized carbons (Fsp3) is 0.632. The van der Waals surface area contributed by atoms with Gasteiger partial charge in [0.05, 0.1) is 102 Å². The lowest BCUT2D eigenvalue weighted by molar-refractivity contribution is -0.181. The van der Waals surface area contributed by atoms with Gasteiger partial charge >= 0.3 is 12.1 Å². The van der Waals surface area contributed by atoms with Crippen LogP contribution in [0.15, 0.2) is 54.7 Å². The third kappa shape index (κ3) is 25.9. The lowest BCUT2D eigenvalue weighted by Gasteiger charge is -2.53. The van der Waals surface area contributed by atoms with Gasteiger partial charge in [-0.1, -0.05) is 76.4 Å². The molecule has 25 heteroatoms. The molecule has 2 aromatic heterocycles. The topological polar surface area (TPSA) is 335 Å². The molecule has 5 amide bonds. The number of hydrogen-bond donors (Lipinski definition) is 6. The molecule has 0 radical (unpaired) electrons. The van der Waals surface area contributed by atoms with Crippen LogP contribution in [0.5, 0.6) is 5.75 Å². The highest BCUT2D eigenvalue weighted by molar-refractivity contribution is 5.93. The van der Waals surface area contributed by atoms with Crippen molar-refractivity contribution in [3.05, 3.63) is 82.7 Å². The van der Waals surface area contributed by atoms with Gasteiger partial charge in [0.15, 0.2) is 11.6 Å². The van der Waals surface area contributed by atoms with Crippen LogP contribution < -0.4 is 37.9 Å². The summed E-state index contributed by atoms with van der Waals surface area (Å²) in [5.74, 6) is -0.887. The molecule has 0 unspecified atom stereocenters. The number of rotatable bonds is 46. The smallest absolute Gasteiger partial charge is 0.410 e. The van der Waals surface area contributed by atoms with E-state index < -0.39 is 41.6 Å². The number of aromatic nitrogens is 3. The molecule has 25 nitrogen and oxygen atoms in total. The lowest BCUT2D eigenvalue weighted by Crippen LogP contribution is -2.70. The summed E-state index contributed by atoms with van der Waals surface area (Å²) in [6, 6.07) is 13.4. The Morgan fingerprint density at radius 3 is 2.09 bits per heavy atom. The van der Waals surface area contributed by atoms with Crippen molar-refractivity contribution in [2.24, 2.45) is 23.3 Å². The molecule has 93 heavy (non-hydrogen) atoms. The number of ether oxygens (including phenoxy) is 7. The van der Waals surface area contributed by atoms with Crippen LogP contribution in [0.1, 0.15) is 139 Å². The van der Waals surface area contributed by atoms with Crippen LogP contribution in [0.3, 0.4) is 0 Å². The zero-order valence-electron chi connectivity index (χ0n) is 55.5. The highest BCUT2D eigenvalue weighted by Gasteiger charge is 2.48. The summed E-state index contributed by atoms with van der Waals surface area (Å²) in [5.41, 5.74) is 22.8. The summed E-state index contributed by atoms with van der Waals surface area (Å²) < 4.78 is 42.5. The number of amides is 5. The number of anilines is 1. The van der Waals surface area contributed by atoms with Crippen LogP contribution >= 0.6 is 0 Å². The summed E-state index contributed by atoms with van der Waals surface area (Å²) in [4.78, 5) is 103. The number of methoxy groups -OCH3 is 1. The second-order valence-corrected chi connectivity index (χ2v) is 24.7. The molecular weight excluding hydrogens is 1190 g/mol. The molecule has 4 aromatic rings. The number of urea groups is 1. The maximum Gasteiger partial charge on any atom is 0.410 e. The highest BCUT2D eigenvalue weighted by Crippen LogP contribution is 2.33. The first-order valence-electron chi connectivity index (χ1n) is 33.2. The number of likely N-dealkylation sites (tertiary alicyclic amines) is 1. The van der Waals surface area contributed by atoms with E-state index in [1.54, 1.807) is 36.3 Å². The van der Waals surface area contributed by atoms with Crippen LogP contribution in [-0.4, -0.2) is 189 Å². The SMILES string of the molecule is CCCCCCc1nc(N)nc2ccn(Cc3ccc(CN4CC5(C4)CN(C(=O)OCc4ccc(CC(=O)[C@H](CCCNC(N)=O)NC(=O)[C@@H](CC(=O)CCOCCOCCOCCOCCCC(=O)[C@@H](CCCCN)NC(C)=O)C(C)C)cc4)CCO5)cc3OC)c12. The number of carbonyl (C=O) groups is 7. The minimum Gasteiger partial charge on any atom is -0.496 e. The minimum absolute atomic E-state index is 0.0000238. The van der Waals surface area contributed by atoms with Crippen LogP contribution in [0, 0.1) is 11.8 Å². The van der Waals surface area contributed by atoms with E-state index in [4.69, 9.17) is 50.4 Å². The largest absolute Gasteiger partial charge is 0.496 e. The van der Waals surface area contributed by atoms with Gasteiger partial charge in [0.25, 0.3) is 0 Å². The standard InChI is InChI=1S/C68H103N11O14/c1-6-7-8-9-15-58-63-59(76-65(70)75-58)24-28-78(63)43-53-23-22-52(40-62(53)87-5)42-77-45-68(46-77)47-79(29-32-93-68)67(86)92-44-51-20-18-50(19-21-51)39-61(83)57(16-12-27-72-66(71)85)74-64(84)55(48(2)3)41-54(81)25-31-89-34-36-91-38-37-90-35-33-88-30-13-17-60(82)56(73-49(4)80)14-10-11-26-69/h18-24,28,40,48,55-57H,6-17,25-27,29-39,41-47,69H2,1-5H3,(H,73,80)(H,74,84)(H2,70,75,76)(H3,71,72,85)/t55-,56+,57-/m0/s1. The first-order chi connectivity index (χ1) is 44.9. The number of primary amides is 1. The average molecular weight is 1300 g/mol. The number of benzene rings is 2. The molecule has 1 spiro atoms. The van der Waals surface area contributed by atoms with E-state index >= 15 is 0 Å². The normalized spacial score (nSPS) is 14.8. The van der Waals surface area contributed by atoms with Crippen molar-refractivity contribution in [2.45, 2.75) is 161 Å². The van der Waals surface area contributed by atoms with Crippen molar-refractivity contribution < 1.29 is 66.7 Å². The Hall–Kier alpha value is -7.13. The fourth-order valence-electron chi connectivity index (χ4n) is 11.7. The van der Waals surface area contributed by atoms with Crippen molar-refractivity contribution in [3.63, 3.8) is 0 Å². The van der Waals surface area contributed by atoms with Crippen molar-refractivity contribution in [3.8, 4) is 5.75 Å². The van der Waals surface area contributed by atoms with Gasteiger partial charge in [0, 0.05) is 89.6 Å². The molecule has 2 aliphatic rings. The Morgan fingerprint density at radius 1 is 0.731 bits per heavy atom. The highest BCUT2D eigenvalue weighted by atomic mass is 16.6. The van der Waals surface area contributed by atoms with Gasteiger partial charge in [-0.2, -0.15) is 0 Å². The third-order valence-corrected chi connectivity index (χ3v) is 16.7. The van der Waals surface area contributed by atoms with Gasteiger partial charge in [0.2, 0.25) is 17.8 Å². The molecule has 0 aliphatic carbocycles. The van der Waals surface area contributed by atoms with Crippen LogP contribution in [0.2, 0.25) is 0 Å². The van der Waals surface area contributed by atoms with Crippen LogP contribution in [0.25, 0.3) is 11.0 Å². The molecule has 2 aliphatic heterocycles. The molecule has 2 saturated heterocycles. The van der Waals surface area contributed by atoms with Gasteiger partial charge in [0.1, 0.15) is 23.7 Å². The van der Waals surface area contributed by atoms with Crippen molar-refractivity contribution in [2.75, 3.05) is 112 Å². The minimum atomic E-state index is -0.901. The predicted molar refractivity (Wildman–Crippen MR) is 352 cm³/mol. The van der Waals surface area contributed by atoms with Crippen molar-refractivity contribution in [1.29, 1.82) is 0 Å². The van der Waals surface area contributed by atoms with Crippen LogP contribution in [-0.2, 0) is 84.9 Å². The zero-order chi connectivity index (χ0) is 67.0. The number of Topliss-reactive ketones (excluding diaryl/α,β-unsaturated/α-hetero) is 3. The Bertz CT molecular complexity index is 2990. The maximum atomic E-state index is 13.9. The molecule has 2 fully saturated rings. The zero-order valence-corrected chi connectivity index (χ0v) is 55.5. The van der Waals surface area contributed by atoms with Gasteiger partial charge in [-0.3, -0.25) is 28.9 Å². The average Bonchev–Trinajstić information content (AvgIpc) is 1.35. The molecule has 4 heterocycles. The first kappa shape index (κ1) is 74.9. The summed E-state index contributed by atoms with van der Waals surface area (Å²) in [6.45, 7) is 14.4. The molecule has 0 bridgehead atoms. The van der Waals surface area contributed by atoms with Gasteiger partial charge in [-0.25, -0.2) is 19.6 Å². The second kappa shape index (κ2) is 40.2. The molecule has 0 saturated carbocycles. The maximum absolute atomic E-state index is 13.9. The van der Waals surface area contributed by atoms with E-state index in [0.29, 0.717) is 129 Å². The molecular formula is C68H103N11O14. The fourth-order valence-corrected chi connectivity index (χ4v) is 11.7. The van der Waals surface area contributed by atoms with Crippen molar-refractivity contribution >= 4 is 58.3 Å². The number of nitrogens with one attached hydrogen (secondary N) is 3. The lowest BCUT2D eigenvalue weighted by atomic mass is 9.88. The van der Waals surface area contributed by atoms with Gasteiger partial charge in [-0.15, -0.1) is 0 Å². The number of unbranched alkanes of at least 4 members (excludes halogenated alkanes) is 4. The Labute approximate surface area is 547 Å². The Balaban J connectivity index is 0.868. The quantitative estimate of drug-likeness (QED) is 0.0271. The molecule has 6 rings (SSSR count). The summed E-state index contributed by atoms with van der Waals surface area (Å²) in [6.07, 6.45) is 10.6. The Morgan fingerprint density at radius 2 is 1.41 bits per heavy atom. The third-order valence-electron chi connectivity index (χ3n) is 16.7. The summed E-state index contributed by atoms with van der Waals surface area (Å²) >= 11 is 0. The van der Waals surface area contributed by atoms with Gasteiger partial charge in [-0.05, 0) is 92.7 Å². The number of nitrogens with zero attached hydrogens (tertiary/aromatic N) is 5. The second-order valence-electron chi connectivity index (χ2n) is 24.7. The molecule has 2 aromatic carbocycles. The number of fused-ring (bicyclic) bond motifs is 1. The number of aryl methyl sites for hydroxylation is 1. The predicted octanol–water partition coefficient (Wildman–Crippen LogP) is 6.13. The van der Waals surface area contributed by atoms with E-state index in [1.807, 2.05) is 26.1 Å². The molecule has 514 valence electrons. The first-order valence-corrected chi connectivity index (χ1v) is 33.2. The van der Waals surface area contributed by atoms with E-state index in [1.165, 1.54) is 13.3 Å².